The number of hydrogen-bond acceptors (Lipinski definition) is 4. The average molecular weight is 391 g/mol. The molecule has 1 atom stereocenters. The summed E-state index contributed by atoms with van der Waals surface area (Å²) in [4.78, 5) is 28.1. The van der Waals surface area contributed by atoms with E-state index in [1.54, 1.807) is 30.0 Å². The van der Waals surface area contributed by atoms with E-state index in [2.05, 4.69) is 0 Å². The van der Waals surface area contributed by atoms with Gasteiger partial charge in [0.25, 0.3) is 5.91 Å². The van der Waals surface area contributed by atoms with Crippen LogP contribution in [0.3, 0.4) is 0 Å². The molecule has 5 heteroatoms. The number of likely N-dealkylation sites (tertiary alicyclic amines) is 1. The number of nitrogens with zero attached hydrogens (tertiary/aromatic N) is 1. The van der Waals surface area contributed by atoms with Crippen molar-refractivity contribution < 1.29 is 13.9 Å². The number of fused-ring (bicyclic) bond motifs is 1. The van der Waals surface area contributed by atoms with Gasteiger partial charge < -0.3 is 14.1 Å². The zero-order valence-electron chi connectivity index (χ0n) is 16.8. The Morgan fingerprint density at radius 2 is 1.97 bits per heavy atom. The molecule has 4 rings (SSSR count). The van der Waals surface area contributed by atoms with E-state index in [9.17, 15) is 9.59 Å². The van der Waals surface area contributed by atoms with E-state index in [0.29, 0.717) is 47.6 Å². The molecule has 3 aromatic rings. The first kappa shape index (κ1) is 19.4. The molecular formula is C24H25NO4. The van der Waals surface area contributed by atoms with Crippen molar-refractivity contribution in [3.05, 3.63) is 69.9 Å². The van der Waals surface area contributed by atoms with E-state index in [1.807, 2.05) is 37.3 Å². The molecule has 1 saturated heterocycles. The molecule has 2 heterocycles. The molecule has 0 saturated carbocycles. The number of rotatable bonds is 4. The fourth-order valence-electron chi connectivity index (χ4n) is 4.01. The summed E-state index contributed by atoms with van der Waals surface area (Å²) in [5.74, 6) is 0.389. The second-order valence-electron chi connectivity index (χ2n) is 7.40. The van der Waals surface area contributed by atoms with Crippen molar-refractivity contribution in [3.63, 3.8) is 0 Å². The number of para-hydroxylation sites is 1. The minimum atomic E-state index is -0.119. The molecule has 1 fully saturated rings. The van der Waals surface area contributed by atoms with Crippen molar-refractivity contribution in [1.82, 2.24) is 4.90 Å². The van der Waals surface area contributed by atoms with Crippen LogP contribution in [-0.4, -0.2) is 36.6 Å². The predicted molar refractivity (Wildman–Crippen MR) is 113 cm³/mol. The van der Waals surface area contributed by atoms with Gasteiger partial charge in [-0.15, -0.1) is 0 Å². The Morgan fingerprint density at radius 3 is 2.72 bits per heavy atom. The zero-order chi connectivity index (χ0) is 20.4. The van der Waals surface area contributed by atoms with Crippen LogP contribution in [0, 0.1) is 6.92 Å². The quantitative estimate of drug-likeness (QED) is 0.661. The maximum absolute atomic E-state index is 13.3. The van der Waals surface area contributed by atoms with E-state index in [-0.39, 0.29) is 17.4 Å². The summed E-state index contributed by atoms with van der Waals surface area (Å²) >= 11 is 0. The number of carbonyl (C=O) groups excluding carboxylic acids is 1. The topological polar surface area (TPSA) is 59.8 Å². The summed E-state index contributed by atoms with van der Waals surface area (Å²) in [6, 6.07) is 14.7. The van der Waals surface area contributed by atoms with Gasteiger partial charge in [-0.3, -0.25) is 9.59 Å². The highest BCUT2D eigenvalue weighted by molar-refractivity contribution is 6.05. The second kappa shape index (κ2) is 8.21. The third-order valence-electron chi connectivity index (χ3n) is 5.48. The Bertz CT molecular complexity index is 1090. The zero-order valence-corrected chi connectivity index (χ0v) is 16.8. The Morgan fingerprint density at radius 1 is 1.17 bits per heavy atom. The van der Waals surface area contributed by atoms with Crippen molar-refractivity contribution in [2.24, 2.45) is 0 Å². The van der Waals surface area contributed by atoms with E-state index in [4.69, 9.17) is 9.15 Å². The maximum Gasteiger partial charge on any atom is 0.257 e. The molecule has 5 nitrogen and oxygen atoms in total. The third-order valence-corrected chi connectivity index (χ3v) is 5.48. The Hall–Kier alpha value is -2.92. The number of amides is 1. The van der Waals surface area contributed by atoms with Gasteiger partial charge in [-0.25, -0.2) is 0 Å². The Balaban J connectivity index is 1.80. The van der Waals surface area contributed by atoms with Crippen molar-refractivity contribution in [1.29, 1.82) is 0 Å². The van der Waals surface area contributed by atoms with Crippen LogP contribution in [-0.2, 0) is 4.74 Å². The van der Waals surface area contributed by atoms with E-state index >= 15 is 0 Å². The van der Waals surface area contributed by atoms with Crippen LogP contribution in [0.15, 0.2) is 57.7 Å². The van der Waals surface area contributed by atoms with Crippen molar-refractivity contribution in [2.75, 3.05) is 19.7 Å². The first-order chi connectivity index (χ1) is 14.1. The summed E-state index contributed by atoms with van der Waals surface area (Å²) < 4.78 is 11.9. The molecule has 1 unspecified atom stereocenters. The molecular weight excluding hydrogens is 366 g/mol. The number of benzene rings is 2. The van der Waals surface area contributed by atoms with Crippen LogP contribution in [0.1, 0.15) is 35.7 Å². The lowest BCUT2D eigenvalue weighted by atomic mass is 10.0. The molecule has 1 aromatic heterocycles. The Labute approximate surface area is 169 Å². The molecule has 0 aliphatic carbocycles. The second-order valence-corrected chi connectivity index (χ2v) is 7.40. The summed E-state index contributed by atoms with van der Waals surface area (Å²) in [5.41, 5.74) is 2.04. The van der Waals surface area contributed by atoms with E-state index in [1.165, 1.54) is 0 Å². The van der Waals surface area contributed by atoms with Gasteiger partial charge in [0.15, 0.2) is 11.0 Å². The molecule has 2 aromatic carbocycles. The molecule has 0 bridgehead atoms. The van der Waals surface area contributed by atoms with Crippen LogP contribution >= 0.6 is 0 Å². The summed E-state index contributed by atoms with van der Waals surface area (Å²) in [6.07, 6.45) is 1.92. The number of hydrogen-bond donors (Lipinski definition) is 0. The number of carbonyl (C=O) groups is 1. The summed E-state index contributed by atoms with van der Waals surface area (Å²) in [7, 11) is 0. The smallest absolute Gasteiger partial charge is 0.257 e. The fraction of sp³-hybridized carbons (Fsp3) is 0.333. The minimum Gasteiger partial charge on any atom is -0.455 e. The Kier molecular flexibility index (Phi) is 5.49. The van der Waals surface area contributed by atoms with Gasteiger partial charge in [0, 0.05) is 30.8 Å². The highest BCUT2D eigenvalue weighted by atomic mass is 16.5. The standard InChI is InChI=1S/C24H25NO4/c1-3-28-18-11-8-14-25(15-18)24(27)20-13-7-12-19-21(26)16(2)22(29-23(19)20)17-9-5-4-6-10-17/h4-7,9-10,12-13,18H,3,8,11,14-15H2,1-2H3. The van der Waals surface area contributed by atoms with Gasteiger partial charge in [0.2, 0.25) is 0 Å². The van der Waals surface area contributed by atoms with E-state index < -0.39 is 0 Å². The summed E-state index contributed by atoms with van der Waals surface area (Å²) in [6.45, 7) is 5.60. The lowest BCUT2D eigenvalue weighted by Gasteiger charge is -2.32. The first-order valence-corrected chi connectivity index (χ1v) is 10.1. The molecule has 29 heavy (non-hydrogen) atoms. The van der Waals surface area contributed by atoms with Crippen molar-refractivity contribution >= 4 is 16.9 Å². The van der Waals surface area contributed by atoms with Crippen LogP contribution < -0.4 is 5.43 Å². The van der Waals surface area contributed by atoms with Crippen LogP contribution in [0.2, 0.25) is 0 Å². The largest absolute Gasteiger partial charge is 0.455 e. The molecule has 1 aliphatic heterocycles. The van der Waals surface area contributed by atoms with Crippen LogP contribution in [0.4, 0.5) is 0 Å². The predicted octanol–water partition coefficient (Wildman–Crippen LogP) is 4.41. The van der Waals surface area contributed by atoms with Gasteiger partial charge in [-0.1, -0.05) is 36.4 Å². The molecule has 0 radical (unpaired) electrons. The SMILES string of the molecule is CCOC1CCCN(C(=O)c2cccc3c(=O)c(C)c(-c4ccccc4)oc23)C1. The number of ether oxygens (including phenoxy) is 1. The van der Waals surface area contributed by atoms with Gasteiger partial charge >= 0.3 is 0 Å². The van der Waals surface area contributed by atoms with Crippen molar-refractivity contribution in [3.8, 4) is 11.3 Å². The van der Waals surface area contributed by atoms with E-state index in [0.717, 1.165) is 18.4 Å². The van der Waals surface area contributed by atoms with Crippen LogP contribution in [0.5, 0.6) is 0 Å². The van der Waals surface area contributed by atoms with Gasteiger partial charge in [-0.05, 0) is 38.8 Å². The minimum absolute atomic E-state index is 0.0572. The van der Waals surface area contributed by atoms with Gasteiger partial charge in [0.1, 0.15) is 5.76 Å². The first-order valence-electron chi connectivity index (χ1n) is 10.1. The van der Waals surface area contributed by atoms with Crippen molar-refractivity contribution in [2.45, 2.75) is 32.8 Å². The fourth-order valence-corrected chi connectivity index (χ4v) is 4.01. The molecule has 0 spiro atoms. The summed E-state index contributed by atoms with van der Waals surface area (Å²) in [5, 5.41) is 0.436. The number of piperidine rings is 1. The average Bonchev–Trinajstić information content (AvgIpc) is 2.76. The molecule has 0 N–H and O–H groups in total. The molecule has 150 valence electrons. The molecule has 1 aliphatic rings. The third kappa shape index (κ3) is 3.70. The lowest BCUT2D eigenvalue weighted by molar-refractivity contribution is 0.00727. The highest BCUT2D eigenvalue weighted by Gasteiger charge is 2.27. The van der Waals surface area contributed by atoms with Gasteiger partial charge in [0.05, 0.1) is 17.1 Å². The monoisotopic (exact) mass is 391 g/mol. The highest BCUT2D eigenvalue weighted by Crippen LogP contribution is 2.28. The lowest BCUT2D eigenvalue weighted by Crippen LogP contribution is -2.43. The van der Waals surface area contributed by atoms with Gasteiger partial charge in [-0.2, -0.15) is 0 Å². The van der Waals surface area contributed by atoms with Crippen LogP contribution in [0.25, 0.3) is 22.3 Å². The molecule has 1 amide bonds. The maximum atomic E-state index is 13.3. The normalized spacial score (nSPS) is 16.9.